The van der Waals surface area contributed by atoms with Crippen LogP contribution in [0.4, 0.5) is 10.5 Å². The molecule has 7 heteroatoms. The number of carboxylic acids is 1. The van der Waals surface area contributed by atoms with E-state index < -0.39 is 17.9 Å². The number of halogens is 1. The Kier molecular flexibility index (Phi) is 5.13. The second kappa shape index (κ2) is 6.61. The minimum Gasteiger partial charge on any atom is -0.481 e. The molecule has 0 atom stereocenters. The zero-order chi connectivity index (χ0) is 13.5. The van der Waals surface area contributed by atoms with E-state index in [1.807, 2.05) is 5.32 Å². The van der Waals surface area contributed by atoms with Gasteiger partial charge in [-0.2, -0.15) is 0 Å². The van der Waals surface area contributed by atoms with Crippen LogP contribution in [-0.2, 0) is 9.59 Å². The number of carboxylic acid groups (broad SMARTS) is 1. The van der Waals surface area contributed by atoms with Gasteiger partial charge in [-0.3, -0.25) is 14.9 Å². The van der Waals surface area contributed by atoms with Crippen LogP contribution >= 0.6 is 11.6 Å². The Bertz CT molecular complexity index is 459. The summed E-state index contributed by atoms with van der Waals surface area (Å²) in [6, 6.07) is 5.60. The molecule has 3 amide bonds. The van der Waals surface area contributed by atoms with Crippen molar-refractivity contribution in [2.24, 2.45) is 0 Å². The van der Waals surface area contributed by atoms with Crippen LogP contribution in [0.5, 0.6) is 0 Å². The summed E-state index contributed by atoms with van der Waals surface area (Å²) in [6.45, 7) is 0. The predicted molar refractivity (Wildman–Crippen MR) is 65.5 cm³/mol. The second-order valence-corrected chi connectivity index (χ2v) is 3.84. The van der Waals surface area contributed by atoms with Crippen molar-refractivity contribution in [1.29, 1.82) is 0 Å². The first-order valence-electron chi connectivity index (χ1n) is 5.05. The van der Waals surface area contributed by atoms with Gasteiger partial charge in [0.25, 0.3) is 0 Å². The summed E-state index contributed by atoms with van der Waals surface area (Å²) in [4.78, 5) is 32.7. The van der Waals surface area contributed by atoms with Gasteiger partial charge in [0, 0.05) is 17.1 Å². The Morgan fingerprint density at radius 3 is 2.28 bits per heavy atom. The lowest BCUT2D eigenvalue weighted by Crippen LogP contribution is -2.34. The summed E-state index contributed by atoms with van der Waals surface area (Å²) < 4.78 is 0. The molecule has 1 aromatic rings. The lowest BCUT2D eigenvalue weighted by atomic mass is 10.3. The number of hydrogen-bond acceptors (Lipinski definition) is 3. The number of rotatable bonds is 4. The maximum Gasteiger partial charge on any atom is 0.325 e. The average molecular weight is 271 g/mol. The van der Waals surface area contributed by atoms with Gasteiger partial charge in [0.05, 0.1) is 6.42 Å². The molecule has 0 aliphatic rings. The lowest BCUT2D eigenvalue weighted by Gasteiger charge is -2.06. The molecule has 0 unspecified atom stereocenters. The van der Waals surface area contributed by atoms with Gasteiger partial charge in [-0.1, -0.05) is 11.6 Å². The quantitative estimate of drug-likeness (QED) is 0.778. The summed E-state index contributed by atoms with van der Waals surface area (Å²) in [5.74, 6) is -1.74. The van der Waals surface area contributed by atoms with E-state index >= 15 is 0 Å². The molecule has 0 spiro atoms. The molecule has 3 N–H and O–H groups in total. The summed E-state index contributed by atoms with van der Waals surface area (Å²) >= 11 is 5.67. The SMILES string of the molecule is O=C(O)CCC(=O)NC(=O)Nc1ccc(Cl)cc1. The Morgan fingerprint density at radius 1 is 1.11 bits per heavy atom. The number of urea groups is 1. The highest BCUT2D eigenvalue weighted by Crippen LogP contribution is 2.12. The molecular weight excluding hydrogens is 260 g/mol. The molecule has 1 rings (SSSR count). The van der Waals surface area contributed by atoms with Crippen molar-refractivity contribution in [2.45, 2.75) is 12.8 Å². The summed E-state index contributed by atoms with van der Waals surface area (Å²) in [7, 11) is 0. The molecule has 0 heterocycles. The molecule has 18 heavy (non-hydrogen) atoms. The number of amides is 3. The normalized spacial score (nSPS) is 9.61. The fraction of sp³-hybridized carbons (Fsp3) is 0.182. The second-order valence-electron chi connectivity index (χ2n) is 3.40. The molecule has 1 aromatic carbocycles. The van der Waals surface area contributed by atoms with Crippen LogP contribution in [0.25, 0.3) is 0 Å². The van der Waals surface area contributed by atoms with Crippen molar-refractivity contribution in [1.82, 2.24) is 5.32 Å². The summed E-state index contributed by atoms with van der Waals surface area (Å²) in [6.07, 6.45) is -0.566. The van der Waals surface area contributed by atoms with Gasteiger partial charge in [-0.15, -0.1) is 0 Å². The number of benzene rings is 1. The third-order valence-electron chi connectivity index (χ3n) is 1.92. The van der Waals surface area contributed by atoms with Crippen LogP contribution < -0.4 is 10.6 Å². The van der Waals surface area contributed by atoms with Crippen LogP contribution in [-0.4, -0.2) is 23.0 Å². The summed E-state index contributed by atoms with van der Waals surface area (Å²) in [5, 5.41) is 13.3. The van der Waals surface area contributed by atoms with E-state index in [0.29, 0.717) is 10.7 Å². The van der Waals surface area contributed by atoms with Crippen molar-refractivity contribution in [3.63, 3.8) is 0 Å². The van der Waals surface area contributed by atoms with E-state index in [-0.39, 0.29) is 12.8 Å². The van der Waals surface area contributed by atoms with E-state index in [4.69, 9.17) is 16.7 Å². The monoisotopic (exact) mass is 270 g/mol. The molecule has 6 nitrogen and oxygen atoms in total. The Hall–Kier alpha value is -2.08. The fourth-order valence-electron chi connectivity index (χ4n) is 1.11. The van der Waals surface area contributed by atoms with Gasteiger partial charge in [-0.05, 0) is 24.3 Å². The third-order valence-corrected chi connectivity index (χ3v) is 2.17. The first kappa shape index (κ1) is 14.0. The topological polar surface area (TPSA) is 95.5 Å². The highest BCUT2D eigenvalue weighted by molar-refractivity contribution is 6.30. The molecule has 96 valence electrons. The average Bonchev–Trinajstić information content (AvgIpc) is 2.29. The zero-order valence-electron chi connectivity index (χ0n) is 9.27. The van der Waals surface area contributed by atoms with Gasteiger partial charge in [0.15, 0.2) is 0 Å². The highest BCUT2D eigenvalue weighted by Gasteiger charge is 2.09. The van der Waals surface area contributed by atoms with Crippen molar-refractivity contribution in [3.8, 4) is 0 Å². The van der Waals surface area contributed by atoms with Crippen molar-refractivity contribution in [2.75, 3.05) is 5.32 Å². The van der Waals surface area contributed by atoms with Crippen LogP contribution in [0.3, 0.4) is 0 Å². The van der Waals surface area contributed by atoms with Crippen LogP contribution in [0.2, 0.25) is 5.02 Å². The van der Waals surface area contributed by atoms with Crippen LogP contribution in [0.1, 0.15) is 12.8 Å². The standard InChI is InChI=1S/C11H11ClN2O4/c12-7-1-3-8(4-2-7)13-11(18)14-9(15)5-6-10(16)17/h1-4H,5-6H2,(H,16,17)(H2,13,14,15,18). The minimum absolute atomic E-state index is 0.247. The van der Waals surface area contributed by atoms with Crippen molar-refractivity contribution >= 4 is 35.2 Å². The number of nitrogens with one attached hydrogen (secondary N) is 2. The van der Waals surface area contributed by atoms with E-state index in [0.717, 1.165) is 0 Å². The third kappa shape index (κ3) is 5.31. The van der Waals surface area contributed by atoms with Gasteiger partial charge < -0.3 is 10.4 Å². The van der Waals surface area contributed by atoms with Crippen molar-refractivity contribution < 1.29 is 19.5 Å². The zero-order valence-corrected chi connectivity index (χ0v) is 10.0. The van der Waals surface area contributed by atoms with Gasteiger partial charge in [0.2, 0.25) is 5.91 Å². The van der Waals surface area contributed by atoms with Crippen molar-refractivity contribution in [3.05, 3.63) is 29.3 Å². The molecule has 0 aromatic heterocycles. The molecule has 0 saturated heterocycles. The largest absolute Gasteiger partial charge is 0.481 e. The minimum atomic E-state index is -1.09. The highest BCUT2D eigenvalue weighted by atomic mass is 35.5. The Balaban J connectivity index is 2.39. The number of aliphatic carboxylic acids is 1. The Morgan fingerprint density at radius 2 is 1.72 bits per heavy atom. The molecule has 0 aliphatic heterocycles. The first-order valence-corrected chi connectivity index (χ1v) is 5.43. The van der Waals surface area contributed by atoms with Crippen LogP contribution in [0.15, 0.2) is 24.3 Å². The van der Waals surface area contributed by atoms with E-state index in [9.17, 15) is 14.4 Å². The van der Waals surface area contributed by atoms with E-state index in [1.165, 1.54) is 0 Å². The van der Waals surface area contributed by atoms with Gasteiger partial charge in [-0.25, -0.2) is 4.79 Å². The lowest BCUT2D eigenvalue weighted by molar-refractivity contribution is -0.138. The number of carbonyl (C=O) groups excluding carboxylic acids is 2. The Labute approximate surface area is 108 Å². The maximum absolute atomic E-state index is 11.3. The maximum atomic E-state index is 11.3. The number of hydrogen-bond donors (Lipinski definition) is 3. The van der Waals surface area contributed by atoms with Crippen LogP contribution in [0, 0.1) is 0 Å². The van der Waals surface area contributed by atoms with E-state index in [2.05, 4.69) is 5.32 Å². The van der Waals surface area contributed by atoms with Gasteiger partial charge in [0.1, 0.15) is 0 Å². The van der Waals surface area contributed by atoms with E-state index in [1.54, 1.807) is 24.3 Å². The number of anilines is 1. The van der Waals surface area contributed by atoms with Gasteiger partial charge >= 0.3 is 12.0 Å². The first-order chi connectivity index (χ1) is 8.47. The molecule has 0 bridgehead atoms. The molecular formula is C11H11ClN2O4. The smallest absolute Gasteiger partial charge is 0.325 e. The summed E-state index contributed by atoms with van der Waals surface area (Å²) in [5.41, 5.74) is 0.475. The molecule has 0 aliphatic carbocycles. The number of carbonyl (C=O) groups is 3. The molecule has 0 saturated carbocycles. The number of imide groups is 1. The fourth-order valence-corrected chi connectivity index (χ4v) is 1.23. The molecule has 0 radical (unpaired) electrons. The molecule has 0 fully saturated rings. The predicted octanol–water partition coefficient (Wildman–Crippen LogP) is 1.85.